The van der Waals surface area contributed by atoms with E-state index in [0.717, 1.165) is 0 Å². The second kappa shape index (κ2) is 4.26. The highest BCUT2D eigenvalue weighted by molar-refractivity contribution is 6.39. The number of hydrogen-bond donors (Lipinski definition) is 3. The molecular weight excluding hydrogens is 152 g/mol. The smallest absolute Gasteiger partial charge is 0.354 e. The van der Waals surface area contributed by atoms with Crippen LogP contribution < -0.4 is 0 Å². The highest BCUT2D eigenvalue weighted by atomic mass is 16.4. The van der Waals surface area contributed by atoms with Gasteiger partial charge in [-0.05, 0) is 6.92 Å². The van der Waals surface area contributed by atoms with Crippen LogP contribution in [0.1, 0.15) is 13.3 Å². The molecule has 6 nitrogen and oxygen atoms in total. The van der Waals surface area contributed by atoms with Gasteiger partial charge in [0.1, 0.15) is 0 Å². The summed E-state index contributed by atoms with van der Waals surface area (Å²) in [5.74, 6) is -1.34. The van der Waals surface area contributed by atoms with Gasteiger partial charge in [0.25, 0.3) is 0 Å². The van der Waals surface area contributed by atoms with Crippen molar-refractivity contribution in [3.05, 3.63) is 0 Å². The number of carboxylic acids is 1. The van der Waals surface area contributed by atoms with Crippen molar-refractivity contribution in [2.24, 2.45) is 10.3 Å². The molecule has 6 heteroatoms. The highest BCUT2D eigenvalue weighted by Crippen LogP contribution is 1.90. The van der Waals surface area contributed by atoms with E-state index in [4.69, 9.17) is 15.5 Å². The monoisotopic (exact) mass is 160 g/mol. The molecular formula is C5H8N2O4. The van der Waals surface area contributed by atoms with Gasteiger partial charge >= 0.3 is 5.97 Å². The Morgan fingerprint density at radius 2 is 1.91 bits per heavy atom. The Hall–Kier alpha value is -1.59. The summed E-state index contributed by atoms with van der Waals surface area (Å²) in [5.41, 5.74) is -0.291. The predicted octanol–water partition coefficient (Wildman–Crippen LogP) is 0.141. The minimum absolute atomic E-state index is 0.167. The predicted molar refractivity (Wildman–Crippen MR) is 36.4 cm³/mol. The average Bonchev–Trinajstić information content (AvgIpc) is 1.99. The number of carboxylic acid groups (broad SMARTS) is 1. The molecule has 0 aliphatic heterocycles. The lowest BCUT2D eigenvalue weighted by atomic mass is 10.2. The molecule has 0 aromatic rings. The standard InChI is InChI=1S/C5H8N2O4/c1-3(6-10)2-4(7-11)5(8)9/h10-11H,2H2,1H3,(H,8,9). The van der Waals surface area contributed by atoms with Crippen molar-refractivity contribution < 1.29 is 20.3 Å². The van der Waals surface area contributed by atoms with Gasteiger partial charge in [-0.25, -0.2) is 4.79 Å². The molecule has 0 unspecified atom stereocenters. The zero-order valence-electron chi connectivity index (χ0n) is 5.85. The zero-order chi connectivity index (χ0) is 8.85. The molecule has 0 radical (unpaired) electrons. The van der Waals surface area contributed by atoms with Gasteiger partial charge in [-0.1, -0.05) is 10.3 Å². The summed E-state index contributed by atoms with van der Waals surface area (Å²) in [6, 6.07) is 0. The van der Waals surface area contributed by atoms with Crippen LogP contribution in [0, 0.1) is 0 Å². The van der Waals surface area contributed by atoms with Gasteiger partial charge in [0.05, 0.1) is 5.71 Å². The van der Waals surface area contributed by atoms with Crippen LogP contribution in [0.15, 0.2) is 10.3 Å². The lowest BCUT2D eigenvalue weighted by Crippen LogP contribution is -2.16. The first-order valence-corrected chi connectivity index (χ1v) is 2.73. The summed E-state index contributed by atoms with van der Waals surface area (Å²) in [4.78, 5) is 10.2. The van der Waals surface area contributed by atoms with Crippen LogP contribution in [-0.2, 0) is 4.79 Å². The number of hydrogen-bond acceptors (Lipinski definition) is 5. The first-order valence-electron chi connectivity index (χ1n) is 2.73. The SMILES string of the molecule is CC(CC(=NO)C(=O)O)=NO. The molecule has 11 heavy (non-hydrogen) atoms. The summed E-state index contributed by atoms with van der Waals surface area (Å²) >= 11 is 0. The van der Waals surface area contributed by atoms with Gasteiger partial charge in [-0.2, -0.15) is 0 Å². The first kappa shape index (κ1) is 9.41. The zero-order valence-corrected chi connectivity index (χ0v) is 5.85. The van der Waals surface area contributed by atoms with E-state index in [1.165, 1.54) is 6.92 Å². The van der Waals surface area contributed by atoms with Gasteiger partial charge < -0.3 is 15.5 Å². The van der Waals surface area contributed by atoms with Crippen molar-refractivity contribution in [1.82, 2.24) is 0 Å². The fourth-order valence-corrected chi connectivity index (χ4v) is 0.431. The normalized spacial score (nSPS) is 13.2. The Labute approximate surface area is 62.4 Å². The molecule has 0 aliphatic rings. The Bertz CT molecular complexity index is 209. The van der Waals surface area contributed by atoms with Gasteiger partial charge in [-0.3, -0.25) is 0 Å². The molecule has 0 heterocycles. The first-order chi connectivity index (χ1) is 5.11. The summed E-state index contributed by atoms with van der Waals surface area (Å²) in [7, 11) is 0. The van der Waals surface area contributed by atoms with E-state index in [1.807, 2.05) is 0 Å². The van der Waals surface area contributed by atoms with Crippen molar-refractivity contribution in [3.63, 3.8) is 0 Å². The molecule has 0 aromatic carbocycles. The van der Waals surface area contributed by atoms with Gasteiger partial charge in [-0.15, -0.1) is 0 Å². The molecule has 0 rings (SSSR count). The largest absolute Gasteiger partial charge is 0.477 e. The van der Waals surface area contributed by atoms with Gasteiger partial charge in [0, 0.05) is 6.42 Å². The molecule has 0 amide bonds. The summed E-state index contributed by atoms with van der Waals surface area (Å²) < 4.78 is 0. The van der Waals surface area contributed by atoms with Crippen molar-refractivity contribution in [2.75, 3.05) is 0 Å². The van der Waals surface area contributed by atoms with Crippen molar-refractivity contribution in [2.45, 2.75) is 13.3 Å². The maximum absolute atomic E-state index is 10.2. The van der Waals surface area contributed by atoms with Crippen molar-refractivity contribution in [3.8, 4) is 0 Å². The van der Waals surface area contributed by atoms with Crippen LogP contribution in [0.5, 0.6) is 0 Å². The highest BCUT2D eigenvalue weighted by Gasteiger charge is 2.11. The fourth-order valence-electron chi connectivity index (χ4n) is 0.431. The van der Waals surface area contributed by atoms with Crippen molar-refractivity contribution in [1.29, 1.82) is 0 Å². The van der Waals surface area contributed by atoms with Gasteiger partial charge in [0.2, 0.25) is 0 Å². The van der Waals surface area contributed by atoms with Crippen molar-refractivity contribution >= 4 is 17.4 Å². The minimum Gasteiger partial charge on any atom is -0.477 e. The van der Waals surface area contributed by atoms with E-state index in [0.29, 0.717) is 0 Å². The van der Waals surface area contributed by atoms with E-state index in [2.05, 4.69) is 10.3 Å². The molecule has 62 valence electrons. The summed E-state index contributed by atoms with van der Waals surface area (Å²) in [5, 5.41) is 29.7. The quantitative estimate of drug-likeness (QED) is 0.310. The van der Waals surface area contributed by atoms with Crippen LogP contribution in [0.2, 0.25) is 0 Å². The number of oxime groups is 2. The molecule has 0 aliphatic carbocycles. The lowest BCUT2D eigenvalue weighted by Gasteiger charge is -1.95. The third-order valence-corrected chi connectivity index (χ3v) is 0.962. The van der Waals surface area contributed by atoms with Crippen LogP contribution >= 0.6 is 0 Å². The minimum atomic E-state index is -1.34. The molecule has 0 saturated carbocycles. The lowest BCUT2D eigenvalue weighted by molar-refractivity contribution is -0.129. The number of carbonyl (C=O) groups is 1. The Morgan fingerprint density at radius 3 is 2.18 bits per heavy atom. The van der Waals surface area contributed by atoms with Crippen LogP contribution in [0.4, 0.5) is 0 Å². The molecule has 0 fully saturated rings. The number of rotatable bonds is 3. The molecule has 0 aromatic heterocycles. The topological polar surface area (TPSA) is 102 Å². The van der Waals surface area contributed by atoms with E-state index >= 15 is 0 Å². The van der Waals surface area contributed by atoms with Crippen LogP contribution in [0.25, 0.3) is 0 Å². The third kappa shape index (κ3) is 3.19. The average molecular weight is 160 g/mol. The Kier molecular flexibility index (Phi) is 3.65. The second-order valence-electron chi connectivity index (χ2n) is 1.86. The maximum Gasteiger partial charge on any atom is 0.354 e. The third-order valence-electron chi connectivity index (χ3n) is 0.962. The van der Waals surface area contributed by atoms with Crippen LogP contribution in [0.3, 0.4) is 0 Å². The number of aliphatic carboxylic acids is 1. The molecule has 0 bridgehead atoms. The summed E-state index contributed by atoms with van der Waals surface area (Å²) in [6.07, 6.45) is -0.178. The molecule has 0 spiro atoms. The van der Waals surface area contributed by atoms with Gasteiger partial charge in [0.15, 0.2) is 5.71 Å². The number of nitrogens with zero attached hydrogens (tertiary/aromatic N) is 2. The second-order valence-corrected chi connectivity index (χ2v) is 1.86. The molecule has 0 saturated heterocycles. The molecule has 0 atom stereocenters. The summed E-state index contributed by atoms with van der Waals surface area (Å²) in [6.45, 7) is 1.41. The van der Waals surface area contributed by atoms with E-state index < -0.39 is 11.7 Å². The Balaban J connectivity index is 4.23. The maximum atomic E-state index is 10.2. The Morgan fingerprint density at radius 1 is 1.36 bits per heavy atom. The van der Waals surface area contributed by atoms with E-state index in [1.54, 1.807) is 0 Å². The molecule has 3 N–H and O–H groups in total. The fraction of sp³-hybridized carbons (Fsp3) is 0.400. The van der Waals surface area contributed by atoms with E-state index in [9.17, 15) is 4.79 Å². The van der Waals surface area contributed by atoms with Crippen LogP contribution in [-0.4, -0.2) is 32.9 Å². The van der Waals surface area contributed by atoms with E-state index in [-0.39, 0.29) is 12.1 Å².